The van der Waals surface area contributed by atoms with Crippen molar-refractivity contribution in [3.8, 4) is 46.0 Å². The fourth-order valence-electron chi connectivity index (χ4n) is 7.31. The normalized spacial score (nSPS) is 13.5. The zero-order valence-corrected chi connectivity index (χ0v) is 33.4. The molecule has 60 heavy (non-hydrogen) atoms. The number of aryl methyl sites for hydroxylation is 1. The van der Waals surface area contributed by atoms with Crippen LogP contribution < -0.4 is 23.8 Å². The van der Waals surface area contributed by atoms with Crippen LogP contribution in [0.1, 0.15) is 73.3 Å². The molecule has 2 heterocycles. The predicted molar refractivity (Wildman–Crippen MR) is 227 cm³/mol. The average molecular weight is 795 g/mol. The average Bonchev–Trinajstić information content (AvgIpc) is 3.61. The molecule has 0 atom stereocenters. The first-order chi connectivity index (χ1) is 28.8. The molecule has 0 unspecified atom stereocenters. The molecule has 0 saturated carbocycles. The molecular formula is C50H38N2O8. The lowest BCUT2D eigenvalue weighted by molar-refractivity contribution is 0.0692. The lowest BCUT2D eigenvalue weighted by atomic mass is 9.86. The van der Waals surface area contributed by atoms with Gasteiger partial charge in [0.2, 0.25) is 0 Å². The van der Waals surface area contributed by atoms with E-state index in [1.807, 2.05) is 85.8 Å². The zero-order chi connectivity index (χ0) is 41.9. The van der Waals surface area contributed by atoms with Crippen LogP contribution in [0.15, 0.2) is 140 Å². The van der Waals surface area contributed by atoms with Gasteiger partial charge in [-0.2, -0.15) is 0 Å². The minimum atomic E-state index is -0.495. The van der Waals surface area contributed by atoms with Crippen LogP contribution in [-0.4, -0.2) is 35.6 Å². The molecule has 2 aliphatic heterocycles. The van der Waals surface area contributed by atoms with Gasteiger partial charge in [0.25, 0.3) is 23.6 Å². The molecule has 296 valence electrons. The Bertz CT molecular complexity index is 2910. The SMILES string of the molecule is Cc1ccc(Oc2ccc(Oc3ccc(N4C(=O)c5ccc(Oc6cc7ccccc7cc6Oc6ccc7c(c6)C(=O)N(C)C7=O)cc5C4=O)cc3)c(C(C)(C)C)c2)cc1. The molecule has 10 heteroatoms. The summed E-state index contributed by atoms with van der Waals surface area (Å²) in [6.07, 6.45) is 0. The van der Waals surface area contributed by atoms with Crippen molar-refractivity contribution >= 4 is 40.1 Å². The minimum Gasteiger partial charge on any atom is -0.457 e. The Morgan fingerprint density at radius 2 is 0.883 bits per heavy atom. The third-order valence-corrected chi connectivity index (χ3v) is 10.5. The molecule has 0 aromatic heterocycles. The van der Waals surface area contributed by atoms with Crippen molar-refractivity contribution in [1.82, 2.24) is 4.90 Å². The number of hydrogen-bond acceptors (Lipinski definition) is 8. The van der Waals surface area contributed by atoms with Gasteiger partial charge in [-0.3, -0.25) is 24.1 Å². The molecule has 0 N–H and O–H groups in total. The Morgan fingerprint density at radius 3 is 1.48 bits per heavy atom. The molecule has 0 saturated heterocycles. The van der Waals surface area contributed by atoms with Crippen molar-refractivity contribution in [2.75, 3.05) is 11.9 Å². The maximum absolute atomic E-state index is 13.9. The van der Waals surface area contributed by atoms with Crippen molar-refractivity contribution in [1.29, 1.82) is 0 Å². The van der Waals surface area contributed by atoms with Gasteiger partial charge in [0, 0.05) is 12.6 Å². The van der Waals surface area contributed by atoms with E-state index in [1.54, 1.807) is 54.6 Å². The second-order valence-electron chi connectivity index (χ2n) is 15.8. The summed E-state index contributed by atoms with van der Waals surface area (Å²) in [6.45, 7) is 8.33. The fourth-order valence-corrected chi connectivity index (χ4v) is 7.31. The molecule has 7 aromatic rings. The smallest absolute Gasteiger partial charge is 0.266 e. The second kappa shape index (κ2) is 14.6. The fraction of sp³-hybridized carbons (Fsp3) is 0.120. The summed E-state index contributed by atoms with van der Waals surface area (Å²) < 4.78 is 25.2. The molecule has 7 aromatic carbocycles. The van der Waals surface area contributed by atoms with E-state index in [1.165, 1.54) is 13.1 Å². The Kier molecular flexibility index (Phi) is 9.20. The van der Waals surface area contributed by atoms with Crippen LogP contribution in [0.25, 0.3) is 10.8 Å². The first-order valence-electron chi connectivity index (χ1n) is 19.4. The van der Waals surface area contributed by atoms with Crippen LogP contribution in [0.4, 0.5) is 5.69 Å². The molecule has 0 spiro atoms. The van der Waals surface area contributed by atoms with Gasteiger partial charge < -0.3 is 18.9 Å². The van der Waals surface area contributed by atoms with E-state index in [4.69, 9.17) is 18.9 Å². The molecule has 0 fully saturated rings. The molecule has 10 nitrogen and oxygen atoms in total. The highest BCUT2D eigenvalue weighted by molar-refractivity contribution is 6.34. The lowest BCUT2D eigenvalue weighted by Crippen LogP contribution is -2.29. The van der Waals surface area contributed by atoms with E-state index in [-0.39, 0.29) is 28.0 Å². The highest BCUT2D eigenvalue weighted by atomic mass is 16.5. The summed E-state index contributed by atoms with van der Waals surface area (Å²) in [5.74, 6) is 2.21. The van der Waals surface area contributed by atoms with Crippen LogP contribution in [0.3, 0.4) is 0 Å². The van der Waals surface area contributed by atoms with Crippen LogP contribution in [0, 0.1) is 6.92 Å². The highest BCUT2D eigenvalue weighted by Crippen LogP contribution is 2.42. The first-order valence-corrected chi connectivity index (χ1v) is 19.4. The van der Waals surface area contributed by atoms with E-state index in [0.29, 0.717) is 51.5 Å². The number of benzene rings is 7. The van der Waals surface area contributed by atoms with Gasteiger partial charge in [0.15, 0.2) is 11.5 Å². The molecular weight excluding hydrogens is 757 g/mol. The summed E-state index contributed by atoms with van der Waals surface area (Å²) in [7, 11) is 1.44. The quantitative estimate of drug-likeness (QED) is 0.133. The van der Waals surface area contributed by atoms with Crippen LogP contribution in [-0.2, 0) is 5.41 Å². The van der Waals surface area contributed by atoms with Gasteiger partial charge in [0.05, 0.1) is 27.9 Å². The van der Waals surface area contributed by atoms with Crippen LogP contribution >= 0.6 is 0 Å². The Hall–Kier alpha value is -7.72. The minimum absolute atomic E-state index is 0.190. The predicted octanol–water partition coefficient (Wildman–Crippen LogP) is 11.6. The number of carbonyl (C=O) groups is 4. The Labute approximate surface area is 346 Å². The summed E-state index contributed by atoms with van der Waals surface area (Å²) in [6, 6.07) is 41.2. The van der Waals surface area contributed by atoms with Gasteiger partial charge in [-0.25, -0.2) is 4.90 Å². The molecule has 4 amide bonds. The van der Waals surface area contributed by atoms with Gasteiger partial charge in [-0.15, -0.1) is 0 Å². The van der Waals surface area contributed by atoms with Crippen molar-refractivity contribution < 1.29 is 38.1 Å². The number of ether oxygens (including phenoxy) is 4. The number of imide groups is 2. The molecule has 2 aliphatic rings. The number of amides is 4. The first kappa shape index (κ1) is 37.8. The third kappa shape index (κ3) is 6.98. The third-order valence-electron chi connectivity index (χ3n) is 10.5. The number of rotatable bonds is 9. The van der Waals surface area contributed by atoms with Gasteiger partial charge in [-0.1, -0.05) is 62.7 Å². The van der Waals surface area contributed by atoms with E-state index >= 15 is 0 Å². The summed E-state index contributed by atoms with van der Waals surface area (Å²) in [5, 5.41) is 1.76. The monoisotopic (exact) mass is 794 g/mol. The van der Waals surface area contributed by atoms with Gasteiger partial charge in [-0.05, 0) is 126 Å². The number of nitrogens with zero attached hydrogens (tertiary/aromatic N) is 2. The molecule has 9 rings (SSSR count). The molecule has 0 radical (unpaired) electrons. The summed E-state index contributed by atoms with van der Waals surface area (Å²) in [5.41, 5.74) is 3.21. The number of fused-ring (bicyclic) bond motifs is 3. The Balaban J connectivity index is 0.943. The van der Waals surface area contributed by atoms with Crippen molar-refractivity contribution in [2.45, 2.75) is 33.1 Å². The zero-order valence-electron chi connectivity index (χ0n) is 33.4. The Morgan fingerprint density at radius 1 is 0.433 bits per heavy atom. The maximum atomic E-state index is 13.9. The van der Waals surface area contributed by atoms with Crippen molar-refractivity contribution in [3.63, 3.8) is 0 Å². The van der Waals surface area contributed by atoms with Gasteiger partial charge in [0.1, 0.15) is 34.5 Å². The molecule has 0 bridgehead atoms. The van der Waals surface area contributed by atoms with E-state index in [9.17, 15) is 19.2 Å². The number of carbonyl (C=O) groups excluding carboxylic acids is 4. The number of hydrogen-bond donors (Lipinski definition) is 0. The topological polar surface area (TPSA) is 112 Å². The van der Waals surface area contributed by atoms with Gasteiger partial charge >= 0.3 is 0 Å². The standard InChI is InChI=1S/C50H38N2O8/c1-29-10-14-33(15-11-29)57-37-20-23-43(42(28-37)50(2,3)4)58-34-16-12-32(13-17-34)52-48(55)39-22-19-36(27-41(39)49(52)56)60-45-25-31-9-7-6-8-30(31)24-44(45)59-35-18-21-38-40(26-35)47(54)51(5)46(38)53/h6-28H,1-5H3. The van der Waals surface area contributed by atoms with Crippen molar-refractivity contribution in [3.05, 3.63) is 173 Å². The summed E-state index contributed by atoms with van der Waals surface area (Å²) in [4.78, 5) is 54.9. The second-order valence-corrected chi connectivity index (χ2v) is 15.8. The van der Waals surface area contributed by atoms with E-state index < -0.39 is 17.7 Å². The van der Waals surface area contributed by atoms with E-state index in [2.05, 4.69) is 20.8 Å². The highest BCUT2D eigenvalue weighted by Gasteiger charge is 2.37. The molecule has 0 aliphatic carbocycles. The lowest BCUT2D eigenvalue weighted by Gasteiger charge is -2.24. The van der Waals surface area contributed by atoms with Crippen molar-refractivity contribution in [2.24, 2.45) is 0 Å². The maximum Gasteiger partial charge on any atom is 0.266 e. The van der Waals surface area contributed by atoms with Crippen LogP contribution in [0.2, 0.25) is 0 Å². The number of anilines is 1. The largest absolute Gasteiger partial charge is 0.457 e. The summed E-state index contributed by atoms with van der Waals surface area (Å²) >= 11 is 0. The van der Waals surface area contributed by atoms with E-state index in [0.717, 1.165) is 37.4 Å². The van der Waals surface area contributed by atoms with Crippen LogP contribution in [0.5, 0.6) is 46.0 Å².